The summed E-state index contributed by atoms with van der Waals surface area (Å²) in [4.78, 5) is 9.57. The van der Waals surface area contributed by atoms with Gasteiger partial charge in [-0.1, -0.05) is 18.2 Å². The third-order valence-corrected chi connectivity index (χ3v) is 1.05. The van der Waals surface area contributed by atoms with Gasteiger partial charge in [0, 0.05) is 4.90 Å². The van der Waals surface area contributed by atoms with E-state index in [1.165, 1.54) is 0 Å². The maximum Gasteiger partial charge on any atom is 1.00 e. The van der Waals surface area contributed by atoms with Gasteiger partial charge in [0.2, 0.25) is 0 Å². The molecule has 2 N–H and O–H groups in total. The molecule has 0 radical (unpaired) electrons. The van der Waals surface area contributed by atoms with E-state index in [9.17, 15) is 0 Å². The van der Waals surface area contributed by atoms with Crippen LogP contribution in [0.1, 0.15) is 1.43 Å². The van der Waals surface area contributed by atoms with E-state index in [-0.39, 0.29) is 70.3 Å². The zero-order valence-corrected chi connectivity index (χ0v) is 13.8. The predicted molar refractivity (Wildman–Crippen MR) is 45.5 cm³/mol. The Bertz CT molecular complexity index is 216. The fourth-order valence-corrected chi connectivity index (χ4v) is 0.600. The largest absolute Gasteiger partial charge is 1.00 e. The van der Waals surface area contributed by atoms with Crippen LogP contribution in [-0.2, 0) is 0 Å². The molecule has 0 saturated heterocycles. The van der Waals surface area contributed by atoms with E-state index in [0.29, 0.717) is 0 Å². The molecule has 3 nitrogen and oxygen atoms in total. The number of hydrogen-bond donors (Lipinski definition) is 3. The molecule has 0 heterocycles. The third kappa shape index (κ3) is 13.5. The molecule has 0 aliphatic heterocycles. The van der Waals surface area contributed by atoms with Gasteiger partial charge in [0.25, 0.3) is 0 Å². The topological polar surface area (TPSA) is 57.5 Å². The summed E-state index contributed by atoms with van der Waals surface area (Å²) >= 11 is 4.08. The normalized spacial score (nSPS) is 7.08. The van der Waals surface area contributed by atoms with Crippen LogP contribution in [0.2, 0.25) is 0 Å². The molecule has 0 fully saturated rings. The Kier molecular flexibility index (Phi) is 12.8. The van der Waals surface area contributed by atoms with Crippen molar-refractivity contribution in [2.45, 2.75) is 4.90 Å². The van der Waals surface area contributed by atoms with Gasteiger partial charge in [-0.2, -0.15) is 0 Å². The Morgan fingerprint density at radius 2 is 1.58 bits per heavy atom. The Morgan fingerprint density at radius 1 is 1.25 bits per heavy atom. The minimum atomic E-state index is -1.83. The van der Waals surface area contributed by atoms with Crippen molar-refractivity contribution in [3.8, 4) is 0 Å². The number of hydrogen-bond acceptors (Lipinski definition) is 2. The monoisotopic (exact) mass is 306 g/mol. The minimum absolute atomic E-state index is 0. The van der Waals surface area contributed by atoms with Gasteiger partial charge in [-0.25, -0.2) is 4.79 Å². The predicted octanol–water partition coefficient (Wildman–Crippen LogP) is -0.686. The first-order valence-corrected chi connectivity index (χ1v) is 3.23. The molecular weight excluding hydrogens is 297 g/mol. The average Bonchev–Trinajstić information content (AvgIpc) is 1.87. The second-order valence-corrected chi connectivity index (χ2v) is 2.13. The number of thiol groups is 1. The smallest absolute Gasteiger partial charge is 1.00 e. The van der Waals surface area contributed by atoms with Gasteiger partial charge in [-0.15, -0.1) is 12.6 Å². The SMILES string of the molecule is O=C(O)O.Sc1ccccc1.[Cs+].[H-]. The van der Waals surface area contributed by atoms with Crippen LogP contribution in [0.3, 0.4) is 0 Å². The van der Waals surface area contributed by atoms with Crippen LogP contribution in [0.5, 0.6) is 0 Å². The first-order valence-electron chi connectivity index (χ1n) is 2.79. The fraction of sp³-hybridized carbons (Fsp3) is 0. The van der Waals surface area contributed by atoms with Crippen LogP contribution in [0.15, 0.2) is 35.2 Å². The number of carboxylic acid groups (broad SMARTS) is 2. The van der Waals surface area contributed by atoms with Crippen LogP contribution in [0.4, 0.5) is 4.79 Å². The van der Waals surface area contributed by atoms with E-state index in [1.54, 1.807) is 0 Å². The zero-order valence-electron chi connectivity index (χ0n) is 7.64. The van der Waals surface area contributed by atoms with Crippen molar-refractivity contribution in [1.29, 1.82) is 0 Å². The van der Waals surface area contributed by atoms with Crippen LogP contribution in [0.25, 0.3) is 0 Å². The van der Waals surface area contributed by atoms with E-state index in [1.807, 2.05) is 30.3 Å². The van der Waals surface area contributed by atoms with Gasteiger partial charge in [-0.3, -0.25) is 0 Å². The summed E-state index contributed by atoms with van der Waals surface area (Å²) in [5.41, 5.74) is 0. The first kappa shape index (κ1) is 15.4. The van der Waals surface area contributed by atoms with Gasteiger partial charge in [0.1, 0.15) is 0 Å². The molecule has 1 aromatic carbocycles. The fourth-order valence-electron chi connectivity index (χ4n) is 0.428. The van der Waals surface area contributed by atoms with E-state index in [0.717, 1.165) is 4.90 Å². The van der Waals surface area contributed by atoms with Crippen molar-refractivity contribution >= 4 is 18.8 Å². The van der Waals surface area contributed by atoms with Crippen LogP contribution in [-0.4, -0.2) is 16.4 Å². The minimum Gasteiger partial charge on any atom is -1.00 e. The van der Waals surface area contributed by atoms with Crippen molar-refractivity contribution in [3.05, 3.63) is 30.3 Å². The number of benzene rings is 1. The Balaban J connectivity index is -0.000000150. The zero-order chi connectivity index (χ0) is 8.69. The van der Waals surface area contributed by atoms with Gasteiger partial charge in [0.05, 0.1) is 0 Å². The van der Waals surface area contributed by atoms with E-state index in [2.05, 4.69) is 12.6 Å². The molecule has 0 aliphatic rings. The maximum atomic E-state index is 8.56. The summed E-state index contributed by atoms with van der Waals surface area (Å²) < 4.78 is 0. The van der Waals surface area contributed by atoms with Gasteiger partial charge >= 0.3 is 75.0 Å². The van der Waals surface area contributed by atoms with Gasteiger partial charge < -0.3 is 11.6 Å². The molecule has 62 valence electrons. The van der Waals surface area contributed by atoms with Crippen molar-refractivity contribution in [2.75, 3.05) is 0 Å². The molecular formula is C7H9CsO3S. The molecule has 0 amide bonds. The molecule has 12 heavy (non-hydrogen) atoms. The van der Waals surface area contributed by atoms with Gasteiger partial charge in [0.15, 0.2) is 0 Å². The molecule has 0 aromatic heterocycles. The molecule has 0 bridgehead atoms. The van der Waals surface area contributed by atoms with Crippen LogP contribution >= 0.6 is 12.6 Å². The molecule has 5 heteroatoms. The van der Waals surface area contributed by atoms with Crippen LogP contribution in [0, 0.1) is 0 Å². The number of rotatable bonds is 0. The summed E-state index contributed by atoms with van der Waals surface area (Å²) in [6, 6.07) is 9.79. The molecule has 1 aromatic rings. The molecule has 1 rings (SSSR count). The standard InChI is InChI=1S/C6H6S.CH2O3.Cs.H/c7-6-4-2-1-3-5-6;2-1(3)4;;/h1-5,7H;(H2,2,3,4);;/q;;+1;-1. The number of carbonyl (C=O) groups is 1. The van der Waals surface area contributed by atoms with Crippen molar-refractivity contribution < 1.29 is 85.3 Å². The molecule has 0 aliphatic carbocycles. The second kappa shape index (κ2) is 9.98. The quantitative estimate of drug-likeness (QED) is 0.557. The van der Waals surface area contributed by atoms with Crippen molar-refractivity contribution in [2.24, 2.45) is 0 Å². The summed E-state index contributed by atoms with van der Waals surface area (Å²) in [6.45, 7) is 0. The van der Waals surface area contributed by atoms with E-state index < -0.39 is 6.16 Å². The maximum absolute atomic E-state index is 8.56. The molecule has 0 unspecified atom stereocenters. The Labute approximate surface area is 136 Å². The first-order chi connectivity index (χ1) is 5.13. The van der Waals surface area contributed by atoms with Crippen LogP contribution < -0.4 is 68.9 Å². The summed E-state index contributed by atoms with van der Waals surface area (Å²) in [5, 5.41) is 13.9. The third-order valence-electron chi connectivity index (χ3n) is 0.756. The van der Waals surface area contributed by atoms with E-state index >= 15 is 0 Å². The Morgan fingerprint density at radius 3 is 1.75 bits per heavy atom. The Hall–Kier alpha value is 0.892. The molecule has 0 atom stereocenters. The van der Waals surface area contributed by atoms with Crippen molar-refractivity contribution in [3.63, 3.8) is 0 Å². The molecule has 0 spiro atoms. The summed E-state index contributed by atoms with van der Waals surface area (Å²) in [5.74, 6) is 0. The summed E-state index contributed by atoms with van der Waals surface area (Å²) in [6.07, 6.45) is -1.83. The van der Waals surface area contributed by atoms with Crippen molar-refractivity contribution in [1.82, 2.24) is 0 Å². The average molecular weight is 306 g/mol. The summed E-state index contributed by atoms with van der Waals surface area (Å²) in [7, 11) is 0. The van der Waals surface area contributed by atoms with E-state index in [4.69, 9.17) is 15.0 Å². The second-order valence-electron chi connectivity index (χ2n) is 1.62. The van der Waals surface area contributed by atoms with Gasteiger partial charge in [-0.05, 0) is 12.1 Å². The molecule has 0 saturated carbocycles.